The highest BCUT2D eigenvalue weighted by Gasteiger charge is 2.14. The molecule has 1 N–H and O–H groups in total. The van der Waals surface area contributed by atoms with E-state index < -0.39 is 0 Å². The Morgan fingerprint density at radius 1 is 1.03 bits per heavy atom. The minimum atomic E-state index is -0.377. The number of methoxy groups -OCH3 is 2. The van der Waals surface area contributed by atoms with E-state index >= 15 is 0 Å². The molecule has 0 aliphatic carbocycles. The van der Waals surface area contributed by atoms with E-state index in [1.54, 1.807) is 38.6 Å². The molecular weight excluding hydrogens is 513 g/mol. The molecule has 0 saturated heterocycles. The monoisotopic (exact) mass is 535 g/mol. The Kier molecular flexibility index (Phi) is 7.88. The maximum Gasteiger partial charge on any atom is 0.293 e. The van der Waals surface area contributed by atoms with Gasteiger partial charge in [0.05, 0.1) is 19.1 Å². The van der Waals surface area contributed by atoms with Gasteiger partial charge in [0.15, 0.2) is 11.5 Å². The molecule has 0 amide bonds. The highest BCUT2D eigenvalue weighted by atomic mass is 127. The molecule has 2 aromatic carbocycles. The van der Waals surface area contributed by atoms with Crippen molar-refractivity contribution in [3.8, 4) is 17.4 Å². The van der Waals surface area contributed by atoms with E-state index in [9.17, 15) is 10.1 Å². The smallest absolute Gasteiger partial charge is 0.293 e. The van der Waals surface area contributed by atoms with E-state index in [1.807, 2.05) is 30.3 Å². The van der Waals surface area contributed by atoms with Crippen molar-refractivity contribution in [2.45, 2.75) is 13.0 Å². The van der Waals surface area contributed by atoms with Crippen molar-refractivity contribution < 1.29 is 19.1 Å². The number of pyridine rings is 1. The minimum absolute atomic E-state index is 0.0706. The third-order valence-electron chi connectivity index (χ3n) is 4.51. The van der Waals surface area contributed by atoms with Gasteiger partial charge in [-0.3, -0.25) is 10.1 Å². The lowest BCUT2D eigenvalue weighted by Gasteiger charge is -2.13. The highest BCUT2D eigenvalue weighted by Crippen LogP contribution is 2.30. The number of halogens is 1. The van der Waals surface area contributed by atoms with Crippen molar-refractivity contribution in [2.24, 2.45) is 0 Å². The van der Waals surface area contributed by atoms with Gasteiger partial charge in [0, 0.05) is 34.0 Å². The molecular formula is C22H22IN3O5. The largest absolute Gasteiger partial charge is 0.493 e. The van der Waals surface area contributed by atoms with E-state index in [1.165, 1.54) is 0 Å². The van der Waals surface area contributed by atoms with Gasteiger partial charge in [0.2, 0.25) is 5.88 Å². The van der Waals surface area contributed by atoms with Crippen molar-refractivity contribution in [3.05, 3.63) is 79.5 Å². The lowest BCUT2D eigenvalue weighted by Crippen LogP contribution is -2.07. The number of nitrogens with one attached hydrogen (secondary N) is 1. The van der Waals surface area contributed by atoms with Crippen molar-refractivity contribution >= 4 is 34.0 Å². The van der Waals surface area contributed by atoms with E-state index in [-0.39, 0.29) is 10.6 Å². The van der Waals surface area contributed by atoms with Gasteiger partial charge < -0.3 is 19.5 Å². The number of nitro groups is 1. The molecule has 0 bridgehead atoms. The average molecular weight is 535 g/mol. The van der Waals surface area contributed by atoms with Crippen LogP contribution in [0.4, 0.5) is 11.4 Å². The zero-order valence-corrected chi connectivity index (χ0v) is 19.3. The van der Waals surface area contributed by atoms with Crippen LogP contribution in [0, 0.1) is 13.7 Å². The SMILES string of the molecule is COc1ccc(COc2ccc(CCNc3ccc(I)cc3[N+](=O)[O-])cc2OC)cn1. The Morgan fingerprint density at radius 3 is 2.52 bits per heavy atom. The predicted octanol–water partition coefficient (Wildman–Crippen LogP) is 4.85. The topological polar surface area (TPSA) is 95.8 Å². The van der Waals surface area contributed by atoms with Gasteiger partial charge in [-0.25, -0.2) is 4.98 Å². The molecule has 0 unspecified atom stereocenters. The molecule has 0 saturated carbocycles. The molecule has 0 spiro atoms. The zero-order chi connectivity index (χ0) is 22.2. The number of rotatable bonds is 10. The Labute approximate surface area is 193 Å². The second kappa shape index (κ2) is 10.8. The van der Waals surface area contributed by atoms with Gasteiger partial charge in [-0.15, -0.1) is 0 Å². The van der Waals surface area contributed by atoms with E-state index in [0.29, 0.717) is 42.6 Å². The lowest BCUT2D eigenvalue weighted by molar-refractivity contribution is -0.384. The molecule has 0 radical (unpaired) electrons. The van der Waals surface area contributed by atoms with Gasteiger partial charge in [-0.1, -0.05) is 6.07 Å². The van der Waals surface area contributed by atoms with Crippen molar-refractivity contribution in [1.29, 1.82) is 0 Å². The third kappa shape index (κ3) is 6.20. The number of hydrogen-bond acceptors (Lipinski definition) is 7. The number of nitro benzene ring substituents is 1. The van der Waals surface area contributed by atoms with Crippen LogP contribution in [-0.2, 0) is 13.0 Å². The molecule has 9 heteroatoms. The molecule has 0 aliphatic heterocycles. The molecule has 162 valence electrons. The van der Waals surface area contributed by atoms with E-state index in [0.717, 1.165) is 14.7 Å². The first-order chi connectivity index (χ1) is 15.0. The summed E-state index contributed by atoms with van der Waals surface area (Å²) in [7, 11) is 3.16. The lowest BCUT2D eigenvalue weighted by atomic mass is 10.1. The summed E-state index contributed by atoms with van der Waals surface area (Å²) >= 11 is 2.06. The Morgan fingerprint density at radius 2 is 1.84 bits per heavy atom. The molecule has 1 heterocycles. The summed E-state index contributed by atoms with van der Waals surface area (Å²) in [6, 6.07) is 14.5. The number of ether oxygens (including phenoxy) is 3. The standard InChI is InChI=1S/C22H22IN3O5/c1-29-21-11-15(9-10-24-18-6-5-17(23)12-19(18)26(27)28)3-7-20(21)31-14-16-4-8-22(30-2)25-13-16/h3-8,11-13,24H,9-10,14H2,1-2H3. The Bertz CT molecular complexity index is 1040. The van der Waals surface area contributed by atoms with Crippen LogP contribution in [0.5, 0.6) is 17.4 Å². The molecule has 0 atom stereocenters. The Hall–Kier alpha value is -3.08. The van der Waals surface area contributed by atoms with Gasteiger partial charge in [0.25, 0.3) is 5.69 Å². The summed E-state index contributed by atoms with van der Waals surface area (Å²) in [5.41, 5.74) is 2.51. The number of hydrogen-bond donors (Lipinski definition) is 1. The van der Waals surface area contributed by atoms with Gasteiger partial charge in [-0.05, 0) is 64.9 Å². The van der Waals surface area contributed by atoms with Gasteiger partial charge >= 0.3 is 0 Å². The maximum absolute atomic E-state index is 11.2. The average Bonchev–Trinajstić information content (AvgIpc) is 2.79. The first-order valence-corrected chi connectivity index (χ1v) is 10.5. The maximum atomic E-state index is 11.2. The summed E-state index contributed by atoms with van der Waals surface area (Å²) < 4.78 is 17.2. The summed E-state index contributed by atoms with van der Waals surface area (Å²) in [5.74, 6) is 1.80. The molecule has 8 nitrogen and oxygen atoms in total. The fraction of sp³-hybridized carbons (Fsp3) is 0.227. The number of aromatic nitrogens is 1. The van der Waals surface area contributed by atoms with Crippen LogP contribution in [0.1, 0.15) is 11.1 Å². The van der Waals surface area contributed by atoms with E-state index in [2.05, 4.69) is 32.9 Å². The van der Waals surface area contributed by atoms with Crippen LogP contribution in [-0.4, -0.2) is 30.7 Å². The number of anilines is 1. The summed E-state index contributed by atoms with van der Waals surface area (Å²) in [5, 5.41) is 14.4. The number of benzene rings is 2. The van der Waals surface area contributed by atoms with Gasteiger partial charge in [0.1, 0.15) is 12.3 Å². The molecule has 3 rings (SSSR count). The molecule has 0 fully saturated rings. The summed E-state index contributed by atoms with van der Waals surface area (Å²) in [6.45, 7) is 0.896. The third-order valence-corrected chi connectivity index (χ3v) is 5.19. The van der Waals surface area contributed by atoms with E-state index in [4.69, 9.17) is 14.2 Å². The van der Waals surface area contributed by atoms with Crippen LogP contribution in [0.2, 0.25) is 0 Å². The van der Waals surface area contributed by atoms with Crippen molar-refractivity contribution in [2.75, 3.05) is 26.1 Å². The highest BCUT2D eigenvalue weighted by molar-refractivity contribution is 14.1. The Balaban J connectivity index is 1.60. The second-order valence-corrected chi connectivity index (χ2v) is 7.82. The van der Waals surface area contributed by atoms with Crippen LogP contribution >= 0.6 is 22.6 Å². The second-order valence-electron chi connectivity index (χ2n) is 6.58. The predicted molar refractivity (Wildman–Crippen MR) is 126 cm³/mol. The first kappa shape index (κ1) is 22.6. The minimum Gasteiger partial charge on any atom is -0.493 e. The molecule has 0 aliphatic rings. The summed E-state index contributed by atoms with van der Waals surface area (Å²) in [6.07, 6.45) is 2.37. The number of nitrogens with zero attached hydrogens (tertiary/aromatic N) is 2. The summed E-state index contributed by atoms with van der Waals surface area (Å²) in [4.78, 5) is 15.0. The van der Waals surface area contributed by atoms with Crippen molar-refractivity contribution in [1.82, 2.24) is 4.98 Å². The van der Waals surface area contributed by atoms with Crippen LogP contribution in [0.3, 0.4) is 0 Å². The molecule has 3 aromatic rings. The fourth-order valence-electron chi connectivity index (χ4n) is 2.91. The van der Waals surface area contributed by atoms with Crippen molar-refractivity contribution in [3.63, 3.8) is 0 Å². The normalized spacial score (nSPS) is 10.4. The molecule has 1 aromatic heterocycles. The molecule has 31 heavy (non-hydrogen) atoms. The van der Waals surface area contributed by atoms with Gasteiger partial charge in [-0.2, -0.15) is 0 Å². The van der Waals surface area contributed by atoms with Crippen LogP contribution in [0.15, 0.2) is 54.7 Å². The zero-order valence-electron chi connectivity index (χ0n) is 17.1. The quantitative estimate of drug-likeness (QED) is 0.225. The first-order valence-electron chi connectivity index (χ1n) is 9.46. The van der Waals surface area contributed by atoms with Crippen LogP contribution in [0.25, 0.3) is 0 Å². The van der Waals surface area contributed by atoms with Crippen LogP contribution < -0.4 is 19.5 Å². The fourth-order valence-corrected chi connectivity index (χ4v) is 3.39.